The first-order chi connectivity index (χ1) is 14.6. The summed E-state index contributed by atoms with van der Waals surface area (Å²) in [6, 6.07) is 14.9. The highest BCUT2D eigenvalue weighted by atomic mass is 16.6. The highest BCUT2D eigenvalue weighted by Crippen LogP contribution is 2.35. The van der Waals surface area contributed by atoms with E-state index in [9.17, 15) is 9.59 Å². The predicted molar refractivity (Wildman–Crippen MR) is 112 cm³/mol. The monoisotopic (exact) mass is 409 g/mol. The van der Waals surface area contributed by atoms with Gasteiger partial charge in [-0.05, 0) is 37.0 Å². The molecule has 2 aliphatic heterocycles. The van der Waals surface area contributed by atoms with E-state index in [0.29, 0.717) is 37.4 Å². The Morgan fingerprint density at radius 3 is 2.43 bits per heavy atom. The normalized spacial score (nSPS) is 23.0. The Hall–Kier alpha value is -2.86. The number of amides is 1. The predicted octanol–water partition coefficient (Wildman–Crippen LogP) is 4.00. The molecule has 2 aliphatic rings. The number of aryl methyl sites for hydroxylation is 1. The molecule has 6 nitrogen and oxygen atoms in total. The third-order valence-electron chi connectivity index (χ3n) is 6.00. The van der Waals surface area contributed by atoms with Crippen molar-refractivity contribution >= 4 is 11.9 Å². The first kappa shape index (κ1) is 20.4. The molecule has 2 bridgehead atoms. The molecule has 0 N–H and O–H groups in total. The molecule has 2 atom stereocenters. The first-order valence-corrected chi connectivity index (χ1v) is 10.3. The van der Waals surface area contributed by atoms with Crippen molar-refractivity contribution in [1.82, 2.24) is 4.90 Å². The second-order valence-electron chi connectivity index (χ2n) is 8.01. The molecule has 0 aromatic heterocycles. The third kappa shape index (κ3) is 4.19. The summed E-state index contributed by atoms with van der Waals surface area (Å²) in [6.45, 7) is 3.05. The highest BCUT2D eigenvalue weighted by Gasteiger charge is 2.44. The molecule has 158 valence electrons. The van der Waals surface area contributed by atoms with E-state index < -0.39 is 0 Å². The van der Waals surface area contributed by atoms with E-state index in [4.69, 9.17) is 14.2 Å². The number of nitrogens with zero attached hydrogens (tertiary/aromatic N) is 1. The van der Waals surface area contributed by atoms with E-state index in [1.807, 2.05) is 55.5 Å². The molecule has 0 saturated carbocycles. The van der Waals surface area contributed by atoms with Crippen molar-refractivity contribution in [2.24, 2.45) is 5.92 Å². The number of hydrogen-bond donors (Lipinski definition) is 0. The quantitative estimate of drug-likeness (QED) is 0.699. The van der Waals surface area contributed by atoms with Crippen LogP contribution in [0.3, 0.4) is 0 Å². The van der Waals surface area contributed by atoms with Gasteiger partial charge in [0.1, 0.15) is 12.4 Å². The van der Waals surface area contributed by atoms with Gasteiger partial charge in [-0.25, -0.2) is 4.79 Å². The lowest BCUT2D eigenvalue weighted by atomic mass is 9.80. The number of benzene rings is 2. The number of methoxy groups -OCH3 is 1. The number of Topliss-reactive ketones (excluding diaryl/α,β-unsaturated/α-hetero) is 1. The van der Waals surface area contributed by atoms with Gasteiger partial charge in [-0.3, -0.25) is 9.69 Å². The number of carbonyl (C=O) groups is 2. The van der Waals surface area contributed by atoms with Crippen LogP contribution in [0.5, 0.6) is 5.75 Å². The van der Waals surface area contributed by atoms with Gasteiger partial charge in [0.25, 0.3) is 0 Å². The Balaban J connectivity index is 1.44. The van der Waals surface area contributed by atoms with Gasteiger partial charge in [-0.1, -0.05) is 42.5 Å². The molecule has 1 amide bonds. The molecule has 6 heteroatoms. The number of fused-ring (bicyclic) bond motifs is 2. The zero-order valence-electron chi connectivity index (χ0n) is 17.4. The van der Waals surface area contributed by atoms with Crippen LogP contribution < -0.4 is 4.74 Å². The first-order valence-electron chi connectivity index (χ1n) is 10.3. The minimum absolute atomic E-state index is 0.0995. The summed E-state index contributed by atoms with van der Waals surface area (Å²) >= 11 is 0. The van der Waals surface area contributed by atoms with Crippen molar-refractivity contribution in [1.29, 1.82) is 0 Å². The van der Waals surface area contributed by atoms with Crippen LogP contribution in [0.15, 0.2) is 48.5 Å². The van der Waals surface area contributed by atoms with E-state index in [2.05, 4.69) is 0 Å². The fourth-order valence-electron chi connectivity index (χ4n) is 4.43. The van der Waals surface area contributed by atoms with Crippen LogP contribution in [0.25, 0.3) is 0 Å². The molecule has 2 unspecified atom stereocenters. The number of ether oxygens (including phenoxy) is 3. The maximum Gasteiger partial charge on any atom is 0.410 e. The number of hydrogen-bond acceptors (Lipinski definition) is 5. The Labute approximate surface area is 176 Å². The highest BCUT2D eigenvalue weighted by molar-refractivity contribution is 5.98. The lowest BCUT2D eigenvalue weighted by Gasteiger charge is -2.47. The zero-order chi connectivity index (χ0) is 21.1. The minimum atomic E-state index is -0.333. The topological polar surface area (TPSA) is 65.1 Å². The summed E-state index contributed by atoms with van der Waals surface area (Å²) in [5, 5.41) is 0. The van der Waals surface area contributed by atoms with Crippen molar-refractivity contribution in [3.63, 3.8) is 0 Å². The van der Waals surface area contributed by atoms with Crippen LogP contribution in [-0.4, -0.2) is 49.2 Å². The average molecular weight is 409 g/mol. The summed E-state index contributed by atoms with van der Waals surface area (Å²) in [7, 11) is 1.61. The third-order valence-corrected chi connectivity index (χ3v) is 6.00. The second kappa shape index (κ2) is 8.88. The number of piperidine rings is 1. The Bertz CT molecular complexity index is 899. The lowest BCUT2D eigenvalue weighted by molar-refractivity contribution is -0.0755. The van der Waals surface area contributed by atoms with E-state index in [0.717, 1.165) is 11.1 Å². The standard InChI is InChI=1S/C24H27NO5/c1-16-8-9-18(12-22(16)28-2)23(26)19-10-20-14-29-15-21(11-19)25(20)24(27)30-13-17-6-4-3-5-7-17/h3-9,12,19-21H,10-11,13-15H2,1-2H3. The number of ketones is 1. The van der Waals surface area contributed by atoms with Crippen LogP contribution in [0, 0.1) is 12.8 Å². The van der Waals surface area contributed by atoms with Crippen molar-refractivity contribution in [2.75, 3.05) is 20.3 Å². The number of carbonyl (C=O) groups excluding carboxylic acids is 2. The van der Waals surface area contributed by atoms with Gasteiger partial charge in [-0.2, -0.15) is 0 Å². The SMILES string of the molecule is COc1cc(C(=O)C2CC3COCC(C2)N3C(=O)OCc2ccccc2)ccc1C. The molecule has 0 radical (unpaired) electrons. The molecule has 4 rings (SSSR count). The van der Waals surface area contributed by atoms with Crippen LogP contribution in [0.2, 0.25) is 0 Å². The van der Waals surface area contributed by atoms with Gasteiger partial charge in [0.05, 0.1) is 32.4 Å². The van der Waals surface area contributed by atoms with Gasteiger partial charge in [-0.15, -0.1) is 0 Å². The Kier molecular flexibility index (Phi) is 6.04. The summed E-state index contributed by atoms with van der Waals surface area (Å²) in [6.07, 6.45) is 0.817. The summed E-state index contributed by atoms with van der Waals surface area (Å²) in [5.41, 5.74) is 2.60. The smallest absolute Gasteiger partial charge is 0.410 e. The van der Waals surface area contributed by atoms with Gasteiger partial charge >= 0.3 is 6.09 Å². The summed E-state index contributed by atoms with van der Waals surface area (Å²) in [4.78, 5) is 27.7. The van der Waals surface area contributed by atoms with E-state index in [1.54, 1.807) is 12.0 Å². The van der Waals surface area contributed by atoms with Gasteiger partial charge in [0.2, 0.25) is 0 Å². The fraction of sp³-hybridized carbons (Fsp3) is 0.417. The molecular weight excluding hydrogens is 382 g/mol. The van der Waals surface area contributed by atoms with Gasteiger partial charge in [0.15, 0.2) is 5.78 Å². The van der Waals surface area contributed by atoms with Crippen LogP contribution in [0.1, 0.15) is 34.3 Å². The summed E-state index contributed by atoms with van der Waals surface area (Å²) < 4.78 is 16.6. The maximum absolute atomic E-state index is 13.2. The van der Waals surface area contributed by atoms with Gasteiger partial charge in [0, 0.05) is 11.5 Å². The Morgan fingerprint density at radius 2 is 1.77 bits per heavy atom. The zero-order valence-corrected chi connectivity index (χ0v) is 17.4. The van der Waals surface area contributed by atoms with Crippen LogP contribution in [-0.2, 0) is 16.1 Å². The molecule has 2 aromatic carbocycles. The Morgan fingerprint density at radius 1 is 1.07 bits per heavy atom. The van der Waals surface area contributed by atoms with Crippen molar-refractivity contribution in [3.8, 4) is 5.75 Å². The van der Waals surface area contributed by atoms with Crippen molar-refractivity contribution < 1.29 is 23.8 Å². The largest absolute Gasteiger partial charge is 0.496 e. The second-order valence-corrected chi connectivity index (χ2v) is 8.01. The minimum Gasteiger partial charge on any atom is -0.496 e. The number of morpholine rings is 1. The molecule has 0 aliphatic carbocycles. The fourth-order valence-corrected chi connectivity index (χ4v) is 4.43. The maximum atomic E-state index is 13.2. The molecule has 2 fully saturated rings. The average Bonchev–Trinajstić information content (AvgIpc) is 2.77. The molecule has 30 heavy (non-hydrogen) atoms. The van der Waals surface area contributed by atoms with E-state index >= 15 is 0 Å². The van der Waals surface area contributed by atoms with E-state index in [-0.39, 0.29) is 36.5 Å². The molecule has 0 spiro atoms. The lowest BCUT2D eigenvalue weighted by Crippen LogP contribution is -2.59. The molecule has 2 heterocycles. The molecular formula is C24H27NO5. The summed E-state index contributed by atoms with van der Waals surface area (Å²) in [5.74, 6) is 0.670. The number of rotatable bonds is 5. The van der Waals surface area contributed by atoms with Crippen molar-refractivity contribution in [3.05, 3.63) is 65.2 Å². The molecule has 2 aromatic rings. The van der Waals surface area contributed by atoms with E-state index in [1.165, 1.54) is 0 Å². The van der Waals surface area contributed by atoms with Crippen LogP contribution >= 0.6 is 0 Å². The molecule has 2 saturated heterocycles. The van der Waals surface area contributed by atoms with Crippen LogP contribution in [0.4, 0.5) is 4.79 Å². The van der Waals surface area contributed by atoms with Crippen molar-refractivity contribution in [2.45, 2.75) is 38.5 Å². The van der Waals surface area contributed by atoms with Gasteiger partial charge < -0.3 is 14.2 Å².